The fraction of sp³-hybridized carbons (Fsp3) is 0.568. The number of hydrogen-bond donors (Lipinski definition) is 0. The van der Waals surface area contributed by atoms with E-state index >= 15 is 0 Å². The molecule has 3 aliphatic heterocycles. The summed E-state index contributed by atoms with van der Waals surface area (Å²) in [5.41, 5.74) is 1.36. The Labute approximate surface area is 320 Å². The number of piperidine rings is 1. The van der Waals surface area contributed by atoms with Gasteiger partial charge in [-0.2, -0.15) is 0 Å². The van der Waals surface area contributed by atoms with Crippen LogP contribution < -0.4 is 19.8 Å². The quantitative estimate of drug-likeness (QED) is 0.375. The average molecular weight is 819 g/mol. The maximum absolute atomic E-state index is 12.7. The van der Waals surface area contributed by atoms with E-state index in [0.717, 1.165) is 76.4 Å². The topological polar surface area (TPSA) is 164 Å². The van der Waals surface area contributed by atoms with Crippen LogP contribution in [-0.4, -0.2) is 122 Å². The zero-order chi connectivity index (χ0) is 37.4. The van der Waals surface area contributed by atoms with Crippen molar-refractivity contribution < 1.29 is 68.8 Å². The number of likely N-dealkylation sites (tertiary alicyclic amines) is 1. The molecule has 2 aromatic rings. The molecule has 0 aliphatic carbocycles. The molecular formula is C37H52N4O10Pd. The van der Waals surface area contributed by atoms with Gasteiger partial charge in [0.05, 0.1) is 12.2 Å². The van der Waals surface area contributed by atoms with E-state index in [1.54, 1.807) is 9.80 Å². The minimum atomic E-state index is -1.08. The molecule has 3 saturated heterocycles. The first kappa shape index (κ1) is 44.3. The molecule has 52 heavy (non-hydrogen) atoms. The molecule has 0 unspecified atom stereocenters. The second kappa shape index (κ2) is 21.6. The predicted octanol–water partition coefficient (Wildman–Crippen LogP) is 2.14. The first-order valence-electron chi connectivity index (χ1n) is 17.3. The first-order chi connectivity index (χ1) is 24.1. The molecule has 0 saturated carbocycles. The molecule has 0 aromatic heterocycles. The Bertz CT molecular complexity index is 1390. The number of ether oxygens (including phenoxy) is 4. The summed E-state index contributed by atoms with van der Waals surface area (Å²) in [6.45, 7) is 15.7. The fourth-order valence-corrected chi connectivity index (χ4v) is 5.82. The standard InChI is InChI=1S/C33H46N4O6.2C2H4O2.Pd/c1-32(2,3)43-31(39)36-18-16-34(17-19-36)20-22-40-29-11-7-10-28(24-29)37-21-23-42-33(26-37)12-14-35(15-13-33)30(38)41-25-27-8-5-4-6-9-27;2*1-2(3)4;/h4-11,24H,12-23,25-26H2,1-3H3;2*1H3,(H,3,4);/q;;;+2/p-2. The molecule has 14 nitrogen and oxygen atoms in total. The van der Waals surface area contributed by atoms with E-state index in [-0.39, 0.29) is 44.8 Å². The van der Waals surface area contributed by atoms with Crippen LogP contribution in [0.3, 0.4) is 0 Å². The van der Waals surface area contributed by atoms with Crippen LogP contribution in [0.25, 0.3) is 0 Å². The Morgan fingerprint density at radius 2 is 1.40 bits per heavy atom. The first-order valence-corrected chi connectivity index (χ1v) is 17.3. The third-order valence-corrected chi connectivity index (χ3v) is 8.27. The van der Waals surface area contributed by atoms with Gasteiger partial charge >= 0.3 is 32.6 Å². The van der Waals surface area contributed by atoms with Crippen molar-refractivity contribution in [2.75, 3.05) is 77.0 Å². The Morgan fingerprint density at radius 1 is 0.808 bits per heavy atom. The van der Waals surface area contributed by atoms with E-state index in [1.807, 2.05) is 63.2 Å². The van der Waals surface area contributed by atoms with Crippen LogP contribution in [0, 0.1) is 0 Å². The van der Waals surface area contributed by atoms with Gasteiger partial charge in [-0.3, -0.25) is 4.90 Å². The normalized spacial score (nSPS) is 16.9. The summed E-state index contributed by atoms with van der Waals surface area (Å²) in [5.74, 6) is -1.32. The van der Waals surface area contributed by atoms with Gasteiger partial charge in [0, 0.05) is 82.6 Å². The molecule has 5 rings (SSSR count). The average Bonchev–Trinajstić information content (AvgIpc) is 3.07. The number of carboxylic acid groups (broad SMARTS) is 2. The van der Waals surface area contributed by atoms with Gasteiger partial charge in [0.1, 0.15) is 24.6 Å². The van der Waals surface area contributed by atoms with Crippen molar-refractivity contribution in [3.05, 3.63) is 60.2 Å². The number of aliphatic carboxylic acids is 2. The third-order valence-electron chi connectivity index (χ3n) is 8.27. The smallest absolute Gasteiger partial charge is 0.550 e. The number of anilines is 1. The maximum Gasteiger partial charge on any atom is 2.00 e. The molecule has 1 spiro atoms. The number of nitrogens with zero attached hydrogens (tertiary/aromatic N) is 4. The minimum absolute atomic E-state index is 0. The molecule has 3 aliphatic rings. The summed E-state index contributed by atoms with van der Waals surface area (Å²) in [6.07, 6.45) is 1.06. The Morgan fingerprint density at radius 3 is 2.00 bits per heavy atom. The summed E-state index contributed by atoms with van der Waals surface area (Å²) >= 11 is 0. The van der Waals surface area contributed by atoms with Crippen LogP contribution in [0.2, 0.25) is 0 Å². The minimum Gasteiger partial charge on any atom is -0.550 e. The van der Waals surface area contributed by atoms with Crippen molar-refractivity contribution >= 4 is 29.8 Å². The largest absolute Gasteiger partial charge is 2.00 e. The van der Waals surface area contributed by atoms with Gasteiger partial charge in [0.15, 0.2) is 0 Å². The van der Waals surface area contributed by atoms with Gasteiger partial charge in [0.25, 0.3) is 0 Å². The number of piperazine rings is 1. The second-order valence-corrected chi connectivity index (χ2v) is 13.6. The monoisotopic (exact) mass is 818 g/mol. The molecule has 0 N–H and O–H groups in total. The van der Waals surface area contributed by atoms with E-state index in [0.29, 0.717) is 39.4 Å². The van der Waals surface area contributed by atoms with Crippen molar-refractivity contribution in [1.82, 2.24) is 14.7 Å². The predicted molar refractivity (Wildman–Crippen MR) is 186 cm³/mol. The van der Waals surface area contributed by atoms with Crippen molar-refractivity contribution in [3.63, 3.8) is 0 Å². The molecule has 3 heterocycles. The van der Waals surface area contributed by atoms with E-state index < -0.39 is 17.5 Å². The van der Waals surface area contributed by atoms with Gasteiger partial charge in [-0.15, -0.1) is 0 Å². The second-order valence-electron chi connectivity index (χ2n) is 13.6. The Hall–Kier alpha value is -3.90. The van der Waals surface area contributed by atoms with Crippen LogP contribution in [-0.2, 0) is 50.8 Å². The molecule has 2 aromatic carbocycles. The summed E-state index contributed by atoms with van der Waals surface area (Å²) < 4.78 is 23.5. The molecule has 0 radical (unpaired) electrons. The molecule has 290 valence electrons. The maximum atomic E-state index is 12.7. The van der Waals surface area contributed by atoms with Crippen LogP contribution in [0.1, 0.15) is 53.0 Å². The van der Waals surface area contributed by atoms with Gasteiger partial charge < -0.3 is 53.4 Å². The van der Waals surface area contributed by atoms with E-state index in [2.05, 4.69) is 21.9 Å². The number of rotatable bonds is 7. The zero-order valence-corrected chi connectivity index (χ0v) is 32.3. The summed E-state index contributed by atoms with van der Waals surface area (Å²) in [5, 5.41) is 17.8. The number of benzene rings is 2. The summed E-state index contributed by atoms with van der Waals surface area (Å²) in [6, 6.07) is 18.0. The van der Waals surface area contributed by atoms with Crippen molar-refractivity contribution in [2.45, 2.75) is 65.3 Å². The van der Waals surface area contributed by atoms with E-state index in [1.165, 1.54) is 0 Å². The van der Waals surface area contributed by atoms with Crippen molar-refractivity contribution in [2.24, 2.45) is 0 Å². The van der Waals surface area contributed by atoms with Crippen LogP contribution >= 0.6 is 0 Å². The zero-order valence-electron chi connectivity index (χ0n) is 30.8. The number of amides is 2. The van der Waals surface area contributed by atoms with Gasteiger partial charge in [-0.25, -0.2) is 9.59 Å². The molecule has 3 fully saturated rings. The van der Waals surface area contributed by atoms with E-state index in [9.17, 15) is 9.59 Å². The van der Waals surface area contributed by atoms with Crippen molar-refractivity contribution in [1.29, 1.82) is 0 Å². The number of carbonyl (C=O) groups excluding carboxylic acids is 4. The Kier molecular flexibility index (Phi) is 18.4. The van der Waals surface area contributed by atoms with Gasteiger partial charge in [-0.05, 0) is 65.2 Å². The van der Waals surface area contributed by atoms with Crippen molar-refractivity contribution in [3.8, 4) is 5.75 Å². The van der Waals surface area contributed by atoms with Crippen LogP contribution in [0.5, 0.6) is 5.75 Å². The van der Waals surface area contributed by atoms with Gasteiger partial charge in [-0.1, -0.05) is 36.4 Å². The summed E-state index contributed by atoms with van der Waals surface area (Å²) in [4.78, 5) is 51.0. The number of hydrogen-bond acceptors (Lipinski definition) is 12. The van der Waals surface area contributed by atoms with Crippen LogP contribution in [0.4, 0.5) is 15.3 Å². The summed E-state index contributed by atoms with van der Waals surface area (Å²) in [7, 11) is 0. The Balaban J connectivity index is 0.000000945. The van der Waals surface area contributed by atoms with Gasteiger partial charge in [0.2, 0.25) is 0 Å². The van der Waals surface area contributed by atoms with Crippen LogP contribution in [0.15, 0.2) is 54.6 Å². The molecule has 0 bridgehead atoms. The number of carbonyl (C=O) groups is 4. The number of morpholine rings is 1. The molecule has 0 atom stereocenters. The van der Waals surface area contributed by atoms with E-state index in [4.69, 9.17) is 38.7 Å². The number of carboxylic acids is 2. The molecular weight excluding hydrogens is 767 g/mol. The molecule has 15 heteroatoms. The SMILES string of the molecule is CC(=O)[O-].CC(=O)[O-].CC(C)(C)OC(=O)N1CCN(CCOc2cccc(N3CCOC4(CCN(C(=O)OCc5ccccc5)CC4)C3)c2)CC1.[Pd+2]. The third kappa shape index (κ3) is 16.2. The fourth-order valence-electron chi connectivity index (χ4n) is 5.82. The molecule has 2 amide bonds.